The van der Waals surface area contributed by atoms with Gasteiger partial charge in [0.2, 0.25) is 0 Å². The summed E-state index contributed by atoms with van der Waals surface area (Å²) in [7, 11) is 0. The first-order valence-corrected chi connectivity index (χ1v) is 12.9. The highest BCUT2D eigenvalue weighted by atomic mass is 16.3. The third-order valence-corrected chi connectivity index (χ3v) is 4.96. The molecule has 1 heteroatoms. The number of hydrogen-bond acceptors (Lipinski definition) is 1. The second-order valence-corrected chi connectivity index (χ2v) is 8.23. The summed E-state index contributed by atoms with van der Waals surface area (Å²) in [5.74, 6) is 1.25. The largest absolute Gasteiger partial charge is 0.512 e. The van der Waals surface area contributed by atoms with Crippen molar-refractivity contribution in [3.63, 3.8) is 0 Å². The van der Waals surface area contributed by atoms with Crippen molar-refractivity contribution in [3.05, 3.63) is 34.6 Å². The first kappa shape index (κ1) is 36.4. The normalized spacial score (nSPS) is 17.9. The van der Waals surface area contributed by atoms with Gasteiger partial charge in [-0.2, -0.15) is 0 Å². The minimum atomic E-state index is 0.527. The van der Waals surface area contributed by atoms with E-state index in [0.717, 1.165) is 25.2 Å². The van der Waals surface area contributed by atoms with Gasteiger partial charge in [-0.1, -0.05) is 106 Å². The number of allylic oxidation sites excluding steroid dienone is 5. The third kappa shape index (κ3) is 25.1. The van der Waals surface area contributed by atoms with Crippen LogP contribution in [0.4, 0.5) is 0 Å². The lowest BCUT2D eigenvalue weighted by Gasteiger charge is -2.26. The summed E-state index contributed by atoms with van der Waals surface area (Å²) in [5, 5.41) is 9.66. The lowest BCUT2D eigenvalue weighted by atomic mass is 9.80. The molecule has 1 N–H and O–H groups in total. The van der Waals surface area contributed by atoms with Crippen LogP contribution in [-0.4, -0.2) is 5.11 Å². The summed E-state index contributed by atoms with van der Waals surface area (Å²) in [6.45, 7) is 29.1. The fraction of sp³-hybridized carbons (Fsp3) is 0.793. The van der Waals surface area contributed by atoms with E-state index in [-0.39, 0.29) is 0 Å². The minimum Gasteiger partial charge on any atom is -0.512 e. The molecule has 1 fully saturated rings. The number of unbranched alkanes of at least 4 members (excludes halogenated alkanes) is 2. The van der Waals surface area contributed by atoms with Gasteiger partial charge >= 0.3 is 0 Å². The van der Waals surface area contributed by atoms with Crippen LogP contribution >= 0.6 is 0 Å². The smallest absolute Gasteiger partial charge is 0.0926 e. The van der Waals surface area contributed by atoms with Gasteiger partial charge in [0.25, 0.3) is 0 Å². The summed E-state index contributed by atoms with van der Waals surface area (Å²) in [4.78, 5) is 0. The van der Waals surface area contributed by atoms with Gasteiger partial charge in [-0.05, 0) is 69.9 Å². The molecular formula is C29H60O. The zero-order chi connectivity index (χ0) is 24.5. The van der Waals surface area contributed by atoms with Gasteiger partial charge in [-0.15, -0.1) is 6.58 Å². The summed E-state index contributed by atoms with van der Waals surface area (Å²) >= 11 is 0. The Morgan fingerprint density at radius 3 is 1.50 bits per heavy atom. The summed E-state index contributed by atoms with van der Waals surface area (Å²) in [5.41, 5.74) is 5.37. The van der Waals surface area contributed by atoms with Gasteiger partial charge in [0.15, 0.2) is 0 Å². The maximum Gasteiger partial charge on any atom is 0.0926 e. The average molecular weight is 425 g/mol. The predicted molar refractivity (Wildman–Crippen MR) is 144 cm³/mol. The number of aliphatic hydroxyl groups is 1. The second-order valence-electron chi connectivity index (χ2n) is 8.23. The Balaban J connectivity index is -0.000000175. The average Bonchev–Trinajstić information content (AvgIpc) is 2.75. The molecule has 1 unspecified atom stereocenters. The lowest BCUT2D eigenvalue weighted by Crippen LogP contribution is -2.10. The molecule has 1 atom stereocenters. The van der Waals surface area contributed by atoms with E-state index in [4.69, 9.17) is 0 Å². The van der Waals surface area contributed by atoms with Crippen LogP contribution in [0.1, 0.15) is 147 Å². The van der Waals surface area contributed by atoms with Crippen LogP contribution in [-0.2, 0) is 0 Å². The second kappa shape index (κ2) is 28.0. The summed E-state index contributed by atoms with van der Waals surface area (Å²) < 4.78 is 0. The maximum atomic E-state index is 9.66. The van der Waals surface area contributed by atoms with Crippen molar-refractivity contribution in [1.29, 1.82) is 0 Å². The van der Waals surface area contributed by atoms with Gasteiger partial charge in [0, 0.05) is 0 Å². The molecule has 182 valence electrons. The fourth-order valence-corrected chi connectivity index (χ4v) is 2.59. The van der Waals surface area contributed by atoms with E-state index >= 15 is 0 Å². The first-order valence-electron chi connectivity index (χ1n) is 12.9. The quantitative estimate of drug-likeness (QED) is 0.343. The third-order valence-electron chi connectivity index (χ3n) is 4.96. The van der Waals surface area contributed by atoms with Crippen LogP contribution in [0.5, 0.6) is 0 Å². The van der Waals surface area contributed by atoms with Crippen LogP contribution in [0.15, 0.2) is 34.6 Å². The van der Waals surface area contributed by atoms with Crippen LogP contribution in [0.3, 0.4) is 0 Å². The highest BCUT2D eigenvalue weighted by Gasteiger charge is 2.20. The van der Waals surface area contributed by atoms with Crippen LogP contribution in [0.25, 0.3) is 0 Å². The minimum absolute atomic E-state index is 0.527. The Bertz CT molecular complexity index is 414. The van der Waals surface area contributed by atoms with Gasteiger partial charge in [0.1, 0.15) is 0 Å². The van der Waals surface area contributed by atoms with Crippen LogP contribution in [0, 0.1) is 5.92 Å². The molecule has 30 heavy (non-hydrogen) atoms. The van der Waals surface area contributed by atoms with Crippen LogP contribution in [0.2, 0.25) is 0 Å². The molecule has 1 saturated carbocycles. The molecule has 0 amide bonds. The molecule has 1 aliphatic carbocycles. The molecule has 1 nitrogen and oxygen atoms in total. The van der Waals surface area contributed by atoms with Gasteiger partial charge in [0.05, 0.1) is 5.76 Å². The highest BCUT2D eigenvalue weighted by molar-refractivity contribution is 5.38. The molecule has 0 aromatic rings. The Kier molecular flexibility index (Phi) is 34.0. The van der Waals surface area contributed by atoms with Gasteiger partial charge in [-0.3, -0.25) is 0 Å². The van der Waals surface area contributed by atoms with Crippen molar-refractivity contribution >= 4 is 0 Å². The molecule has 0 aromatic carbocycles. The van der Waals surface area contributed by atoms with Crippen molar-refractivity contribution in [2.45, 2.75) is 147 Å². The molecule has 0 aliphatic heterocycles. The number of hydrogen-bond donors (Lipinski definition) is 1. The fourth-order valence-electron chi connectivity index (χ4n) is 2.59. The maximum absolute atomic E-state index is 9.66. The highest BCUT2D eigenvalue weighted by Crippen LogP contribution is 2.36. The van der Waals surface area contributed by atoms with E-state index in [0.29, 0.717) is 5.76 Å². The Morgan fingerprint density at radius 1 is 0.833 bits per heavy atom. The monoisotopic (exact) mass is 424 g/mol. The molecule has 1 rings (SSSR count). The molecule has 0 aromatic heterocycles. The van der Waals surface area contributed by atoms with E-state index in [1.54, 1.807) is 0 Å². The van der Waals surface area contributed by atoms with Crippen molar-refractivity contribution < 1.29 is 5.11 Å². The molecular weight excluding hydrogens is 364 g/mol. The molecule has 0 bridgehead atoms. The van der Waals surface area contributed by atoms with Crippen molar-refractivity contribution in [1.82, 2.24) is 0 Å². The summed E-state index contributed by atoms with van der Waals surface area (Å²) in [6.07, 6.45) is 12.3. The van der Waals surface area contributed by atoms with E-state index in [2.05, 4.69) is 68.9 Å². The summed E-state index contributed by atoms with van der Waals surface area (Å²) in [6, 6.07) is 0. The van der Waals surface area contributed by atoms with Crippen molar-refractivity contribution in [2.75, 3.05) is 0 Å². The van der Waals surface area contributed by atoms with E-state index < -0.39 is 0 Å². The zero-order valence-electron chi connectivity index (χ0n) is 23.3. The van der Waals surface area contributed by atoms with Crippen molar-refractivity contribution in [3.8, 4) is 0 Å². The van der Waals surface area contributed by atoms with Crippen LogP contribution < -0.4 is 0 Å². The Labute approximate surface area is 193 Å². The topological polar surface area (TPSA) is 20.2 Å². The van der Waals surface area contributed by atoms with Gasteiger partial charge < -0.3 is 5.11 Å². The van der Waals surface area contributed by atoms with E-state index in [1.165, 1.54) is 67.2 Å². The molecule has 0 spiro atoms. The zero-order valence-corrected chi connectivity index (χ0v) is 23.3. The molecule has 1 aliphatic rings. The first-order chi connectivity index (χ1) is 14.2. The lowest BCUT2D eigenvalue weighted by molar-refractivity contribution is 0.389. The van der Waals surface area contributed by atoms with Gasteiger partial charge in [-0.25, -0.2) is 0 Å². The van der Waals surface area contributed by atoms with E-state index in [1.807, 2.05) is 20.8 Å². The van der Waals surface area contributed by atoms with E-state index in [9.17, 15) is 5.11 Å². The molecule has 0 radical (unpaired) electrons. The Hall–Kier alpha value is -0.980. The standard InChI is InChI=1S/C13H22O.C6H12.2C4H10.C2H6/c1-5-10(3)12-7-6-9(2)8-13(12)11(4)14;1-4-5-6(2)3;2*1-3-4-2;1-2/h9,14H,5-8H2,1-4H3;2,4-5H2,1,3H3;2*3-4H2,1-2H3;1-2H3/b12-10-,13-11+;;;;. The van der Waals surface area contributed by atoms with Crippen molar-refractivity contribution in [2.24, 2.45) is 5.92 Å². The number of aliphatic hydroxyl groups excluding tert-OH is 1. The number of rotatable bonds is 5. The Morgan fingerprint density at radius 2 is 1.27 bits per heavy atom. The molecule has 0 saturated heterocycles. The predicted octanol–water partition coefficient (Wildman–Crippen LogP) is 11.4. The molecule has 0 heterocycles. The SMILES string of the molecule is C=C(C)CCC.CC.CC/C(C)=C1/CCC(C)C/C1=C(/C)O.CCCC.CCCC.